The molecule has 0 unspecified atom stereocenters. The molecule has 4 rings (SSSR count). The summed E-state index contributed by atoms with van der Waals surface area (Å²) in [5.74, 6) is 0.0966. The maximum absolute atomic E-state index is 12.3. The van der Waals surface area contributed by atoms with Gasteiger partial charge in [0.25, 0.3) is 0 Å². The van der Waals surface area contributed by atoms with Crippen LogP contribution in [-0.4, -0.2) is 39.3 Å². The molecule has 1 fully saturated rings. The predicted octanol–water partition coefficient (Wildman–Crippen LogP) is 4.76. The number of fused-ring (bicyclic) bond motifs is 1. The molecule has 0 radical (unpaired) electrons. The highest BCUT2D eigenvalue weighted by molar-refractivity contribution is 7.99. The van der Waals surface area contributed by atoms with Crippen LogP contribution in [0.3, 0.4) is 0 Å². The van der Waals surface area contributed by atoms with Gasteiger partial charge in [0.05, 0.1) is 15.8 Å². The smallest absolute Gasteiger partial charge is 0.234 e. The average molecular weight is 436 g/mol. The van der Waals surface area contributed by atoms with Gasteiger partial charge in [-0.1, -0.05) is 35.0 Å². The van der Waals surface area contributed by atoms with Crippen molar-refractivity contribution in [2.75, 3.05) is 29.1 Å². The fourth-order valence-corrected chi connectivity index (χ4v) is 4.45. The number of benzene rings is 1. The molecule has 1 aliphatic heterocycles. The van der Waals surface area contributed by atoms with Gasteiger partial charge in [-0.25, -0.2) is 0 Å². The van der Waals surface area contributed by atoms with Gasteiger partial charge in [0.1, 0.15) is 0 Å². The first-order valence-electron chi connectivity index (χ1n) is 9.07. The summed E-state index contributed by atoms with van der Waals surface area (Å²) in [5.41, 5.74) is 2.50. The van der Waals surface area contributed by atoms with E-state index in [0.717, 1.165) is 18.8 Å². The summed E-state index contributed by atoms with van der Waals surface area (Å²) in [6.45, 7) is 2.20. The van der Waals surface area contributed by atoms with Gasteiger partial charge in [0.15, 0.2) is 10.8 Å². The third-order valence-electron chi connectivity index (χ3n) is 4.60. The minimum atomic E-state index is -0.111. The lowest BCUT2D eigenvalue weighted by atomic mass is 10.1. The van der Waals surface area contributed by atoms with Crippen LogP contribution in [0.25, 0.3) is 5.65 Å². The molecule has 2 aromatic heterocycles. The van der Waals surface area contributed by atoms with E-state index in [4.69, 9.17) is 23.2 Å². The molecule has 0 bridgehead atoms. The largest absolute Gasteiger partial charge is 0.372 e. The monoisotopic (exact) mass is 435 g/mol. The number of nitrogens with one attached hydrogen (secondary N) is 1. The Balaban J connectivity index is 1.36. The SMILES string of the molecule is O=C(CSc1nnc2c(Cl)cc(Cl)cn12)Nc1ccc(N2CCCCC2)cc1. The van der Waals surface area contributed by atoms with E-state index in [9.17, 15) is 4.79 Å². The van der Waals surface area contributed by atoms with Crippen molar-refractivity contribution in [2.24, 2.45) is 0 Å². The van der Waals surface area contributed by atoms with E-state index in [0.29, 0.717) is 20.8 Å². The second kappa shape index (κ2) is 8.59. The van der Waals surface area contributed by atoms with Crippen LogP contribution in [0.2, 0.25) is 10.0 Å². The van der Waals surface area contributed by atoms with E-state index in [-0.39, 0.29) is 11.7 Å². The molecule has 0 aliphatic carbocycles. The molecule has 0 saturated carbocycles. The number of rotatable bonds is 5. The van der Waals surface area contributed by atoms with E-state index in [2.05, 4.69) is 32.5 Å². The summed E-state index contributed by atoms with van der Waals surface area (Å²) in [5, 5.41) is 12.5. The first-order chi connectivity index (χ1) is 13.6. The molecular formula is C19H19Cl2N5OS. The zero-order valence-electron chi connectivity index (χ0n) is 15.1. The topological polar surface area (TPSA) is 62.5 Å². The molecule has 3 aromatic rings. The molecule has 1 aliphatic rings. The Morgan fingerprint density at radius 2 is 1.86 bits per heavy atom. The van der Waals surface area contributed by atoms with E-state index >= 15 is 0 Å². The lowest BCUT2D eigenvalue weighted by Gasteiger charge is -2.28. The van der Waals surface area contributed by atoms with Crippen LogP contribution in [0.15, 0.2) is 41.7 Å². The number of hydrogen-bond acceptors (Lipinski definition) is 5. The van der Waals surface area contributed by atoms with Crippen molar-refractivity contribution in [3.05, 3.63) is 46.6 Å². The summed E-state index contributed by atoms with van der Waals surface area (Å²) < 4.78 is 1.69. The first-order valence-corrected chi connectivity index (χ1v) is 10.8. The summed E-state index contributed by atoms with van der Waals surface area (Å²) in [4.78, 5) is 14.7. The van der Waals surface area contributed by atoms with E-state index in [1.54, 1.807) is 16.7 Å². The highest BCUT2D eigenvalue weighted by Crippen LogP contribution is 2.26. The Kier molecular flexibility index (Phi) is 5.94. The molecule has 9 heteroatoms. The van der Waals surface area contributed by atoms with E-state index in [1.807, 2.05) is 12.1 Å². The molecule has 1 amide bonds. The normalized spacial score (nSPS) is 14.4. The molecule has 0 atom stereocenters. The molecule has 146 valence electrons. The van der Waals surface area contributed by atoms with Crippen LogP contribution in [0, 0.1) is 0 Å². The summed E-state index contributed by atoms with van der Waals surface area (Å²) in [7, 11) is 0. The summed E-state index contributed by atoms with van der Waals surface area (Å²) in [6, 6.07) is 9.62. The van der Waals surface area contributed by atoms with Gasteiger partial charge in [-0.3, -0.25) is 9.20 Å². The minimum absolute atomic E-state index is 0.111. The average Bonchev–Trinajstić information content (AvgIpc) is 3.11. The van der Waals surface area contributed by atoms with Crippen molar-refractivity contribution >= 4 is 57.9 Å². The third-order valence-corrected chi connectivity index (χ3v) is 6.03. The summed E-state index contributed by atoms with van der Waals surface area (Å²) in [6.07, 6.45) is 5.47. The van der Waals surface area contributed by atoms with Crippen molar-refractivity contribution in [3.8, 4) is 0 Å². The zero-order valence-corrected chi connectivity index (χ0v) is 17.4. The second-order valence-corrected chi connectivity index (χ2v) is 8.40. The van der Waals surface area contributed by atoms with Crippen molar-refractivity contribution in [2.45, 2.75) is 24.4 Å². The molecular weight excluding hydrogens is 417 g/mol. The number of carbonyl (C=O) groups excluding carboxylic acids is 1. The number of aromatic nitrogens is 3. The minimum Gasteiger partial charge on any atom is -0.372 e. The van der Waals surface area contributed by atoms with Crippen LogP contribution >= 0.6 is 35.0 Å². The number of anilines is 2. The maximum Gasteiger partial charge on any atom is 0.234 e. The van der Waals surface area contributed by atoms with E-state index in [1.165, 1.54) is 36.7 Å². The molecule has 1 aromatic carbocycles. The van der Waals surface area contributed by atoms with Crippen molar-refractivity contribution in [1.29, 1.82) is 0 Å². The van der Waals surface area contributed by atoms with Crippen LogP contribution in [-0.2, 0) is 4.79 Å². The molecule has 1 saturated heterocycles. The van der Waals surface area contributed by atoms with Gasteiger partial charge in [0, 0.05) is 30.7 Å². The fourth-order valence-electron chi connectivity index (χ4n) is 3.24. The van der Waals surface area contributed by atoms with Crippen LogP contribution in [0.5, 0.6) is 0 Å². The lowest BCUT2D eigenvalue weighted by Crippen LogP contribution is -2.29. The number of pyridine rings is 1. The lowest BCUT2D eigenvalue weighted by molar-refractivity contribution is -0.113. The Labute approximate surface area is 177 Å². The zero-order chi connectivity index (χ0) is 19.5. The van der Waals surface area contributed by atoms with Crippen LogP contribution < -0.4 is 10.2 Å². The predicted molar refractivity (Wildman–Crippen MR) is 115 cm³/mol. The van der Waals surface area contributed by atoms with Gasteiger partial charge in [0.2, 0.25) is 5.91 Å². The Morgan fingerprint density at radius 1 is 1.11 bits per heavy atom. The molecule has 28 heavy (non-hydrogen) atoms. The Morgan fingerprint density at radius 3 is 2.61 bits per heavy atom. The van der Waals surface area contributed by atoms with Gasteiger partial charge < -0.3 is 10.2 Å². The molecule has 6 nitrogen and oxygen atoms in total. The number of carbonyl (C=O) groups is 1. The second-order valence-electron chi connectivity index (χ2n) is 6.61. The van der Waals surface area contributed by atoms with Gasteiger partial charge in [-0.15, -0.1) is 10.2 Å². The molecule has 3 heterocycles. The van der Waals surface area contributed by atoms with Gasteiger partial charge in [-0.2, -0.15) is 0 Å². The van der Waals surface area contributed by atoms with Crippen LogP contribution in [0.4, 0.5) is 11.4 Å². The van der Waals surface area contributed by atoms with Crippen molar-refractivity contribution in [3.63, 3.8) is 0 Å². The maximum atomic E-state index is 12.3. The fraction of sp³-hybridized carbons (Fsp3) is 0.316. The third kappa shape index (κ3) is 4.37. The Bertz CT molecular complexity index is 986. The number of amides is 1. The number of nitrogens with zero attached hydrogens (tertiary/aromatic N) is 4. The van der Waals surface area contributed by atoms with Crippen molar-refractivity contribution in [1.82, 2.24) is 14.6 Å². The van der Waals surface area contributed by atoms with Crippen LogP contribution in [0.1, 0.15) is 19.3 Å². The summed E-state index contributed by atoms with van der Waals surface area (Å²) >= 11 is 13.4. The van der Waals surface area contributed by atoms with Crippen molar-refractivity contribution < 1.29 is 4.79 Å². The molecule has 1 N–H and O–H groups in total. The number of piperidine rings is 1. The highest BCUT2D eigenvalue weighted by atomic mass is 35.5. The van der Waals surface area contributed by atoms with Gasteiger partial charge in [-0.05, 0) is 49.6 Å². The number of halogens is 2. The highest BCUT2D eigenvalue weighted by Gasteiger charge is 2.13. The quantitative estimate of drug-likeness (QED) is 0.585. The number of thioether (sulfide) groups is 1. The first kappa shape index (κ1) is 19.4. The van der Waals surface area contributed by atoms with Gasteiger partial charge >= 0.3 is 0 Å². The Hall–Kier alpha value is -1.96. The van der Waals surface area contributed by atoms with E-state index < -0.39 is 0 Å². The molecule has 0 spiro atoms. The number of hydrogen-bond donors (Lipinski definition) is 1. The standard InChI is InChI=1S/C19H19Cl2N5OS/c20-13-10-16(21)18-23-24-19(26(18)11-13)28-12-17(27)22-14-4-6-15(7-5-14)25-8-2-1-3-9-25/h4-7,10-11H,1-3,8-9,12H2,(H,22,27).